The molecule has 0 aliphatic carbocycles. The van der Waals surface area contributed by atoms with Crippen LogP contribution in [0.2, 0.25) is 0 Å². The molecule has 6 nitrogen and oxygen atoms in total. The van der Waals surface area contributed by atoms with Gasteiger partial charge in [-0.15, -0.1) is 0 Å². The van der Waals surface area contributed by atoms with E-state index in [0.717, 1.165) is 5.56 Å². The van der Waals surface area contributed by atoms with E-state index >= 15 is 0 Å². The van der Waals surface area contributed by atoms with E-state index in [1.54, 1.807) is 19.2 Å². The number of carboxylic acids is 1. The van der Waals surface area contributed by atoms with Crippen molar-refractivity contribution in [3.63, 3.8) is 0 Å². The first-order valence-corrected chi connectivity index (χ1v) is 8.07. The average molecular weight is 351 g/mol. The Hall–Kier alpha value is -1.99. The number of carbonyl (C=O) groups is 2. The van der Waals surface area contributed by atoms with Gasteiger partial charge in [0.25, 0.3) is 0 Å². The summed E-state index contributed by atoms with van der Waals surface area (Å²) in [6, 6.07) is 6.82. The zero-order valence-corrected chi connectivity index (χ0v) is 14.6. The molecule has 130 valence electrons. The predicted molar refractivity (Wildman–Crippen MR) is 92.2 cm³/mol. The van der Waals surface area contributed by atoms with Crippen molar-refractivity contribution in [1.82, 2.24) is 4.90 Å². The quantitative estimate of drug-likeness (QED) is 0.438. The monoisotopic (exact) mass is 351 g/mol. The van der Waals surface area contributed by atoms with Crippen molar-refractivity contribution in [2.45, 2.75) is 26.0 Å². The lowest BCUT2D eigenvalue weighted by Gasteiger charge is -2.50. The number of aliphatic carboxylic acids is 1. The second-order valence-corrected chi connectivity index (χ2v) is 6.44. The number of aliphatic hydroxyl groups is 1. The van der Waals surface area contributed by atoms with Gasteiger partial charge in [-0.25, -0.2) is 0 Å². The van der Waals surface area contributed by atoms with Crippen LogP contribution in [0.4, 0.5) is 0 Å². The van der Waals surface area contributed by atoms with Crippen molar-refractivity contribution in [3.05, 3.63) is 29.8 Å². The molecule has 0 unspecified atom stereocenters. The number of β-lactam (4-membered cyclic amide) rings is 1. The van der Waals surface area contributed by atoms with Gasteiger partial charge in [0.05, 0.1) is 25.2 Å². The second kappa shape index (κ2) is 7.27. The van der Waals surface area contributed by atoms with Gasteiger partial charge < -0.3 is 19.8 Å². The molecule has 24 heavy (non-hydrogen) atoms. The highest BCUT2D eigenvalue weighted by Crippen LogP contribution is 2.36. The lowest BCUT2D eigenvalue weighted by Crippen LogP contribution is -2.68. The topological polar surface area (TPSA) is 87.1 Å². The molecule has 2 N–H and O–H groups in total. The number of carboxylic acid groups (broad SMARTS) is 1. The van der Waals surface area contributed by atoms with Crippen LogP contribution in [0.3, 0.4) is 0 Å². The minimum absolute atomic E-state index is 0.259. The van der Waals surface area contributed by atoms with Crippen LogP contribution in [0.5, 0.6) is 5.75 Å². The summed E-state index contributed by atoms with van der Waals surface area (Å²) in [4.78, 5) is 25.0. The Kier molecular flexibility index (Phi) is 5.56. The molecule has 1 saturated heterocycles. The fraction of sp³-hybridized carbons (Fsp3) is 0.471. The molecular formula is C17H21NO5S. The molecular weight excluding hydrogens is 330 g/mol. The number of nitrogens with zero attached hydrogens (tertiary/aromatic N) is 1. The van der Waals surface area contributed by atoms with Crippen molar-refractivity contribution in [2.24, 2.45) is 11.8 Å². The van der Waals surface area contributed by atoms with Gasteiger partial charge >= 0.3 is 5.97 Å². The lowest BCUT2D eigenvalue weighted by molar-refractivity contribution is -0.171. The van der Waals surface area contributed by atoms with E-state index in [-0.39, 0.29) is 18.4 Å². The summed E-state index contributed by atoms with van der Waals surface area (Å²) in [5.74, 6) is -1.61. The van der Waals surface area contributed by atoms with Gasteiger partial charge in [0.1, 0.15) is 12.3 Å². The highest BCUT2D eigenvalue weighted by Gasteiger charge is 2.53. The van der Waals surface area contributed by atoms with Gasteiger partial charge in [0, 0.05) is 10.8 Å². The van der Waals surface area contributed by atoms with Crippen LogP contribution >= 0.6 is 12.2 Å². The average Bonchev–Trinajstić information content (AvgIpc) is 2.55. The summed E-state index contributed by atoms with van der Waals surface area (Å²) >= 11 is 5.54. The van der Waals surface area contributed by atoms with E-state index in [2.05, 4.69) is 0 Å². The van der Waals surface area contributed by atoms with Crippen LogP contribution in [-0.2, 0) is 9.59 Å². The van der Waals surface area contributed by atoms with Crippen LogP contribution in [0.15, 0.2) is 24.3 Å². The van der Waals surface area contributed by atoms with E-state index in [4.69, 9.17) is 22.1 Å². The highest BCUT2D eigenvalue weighted by molar-refractivity contribution is 7.80. The third kappa shape index (κ3) is 3.42. The maximum atomic E-state index is 12.1. The summed E-state index contributed by atoms with van der Waals surface area (Å²) in [5, 5.41) is 18.9. The molecule has 1 aliphatic rings. The fourth-order valence-electron chi connectivity index (χ4n) is 3.17. The molecule has 1 heterocycles. The summed E-state index contributed by atoms with van der Waals surface area (Å²) < 4.78 is 5.12. The lowest BCUT2D eigenvalue weighted by atomic mass is 9.74. The van der Waals surface area contributed by atoms with E-state index in [0.29, 0.717) is 10.6 Å². The number of thiocarbonyl (C=S) groups is 1. The number of hydrogen-bond acceptors (Lipinski definition) is 5. The minimum atomic E-state index is -1.08. The van der Waals surface area contributed by atoms with Gasteiger partial charge in [0.2, 0.25) is 5.91 Å². The van der Waals surface area contributed by atoms with Crippen molar-refractivity contribution >= 4 is 29.0 Å². The summed E-state index contributed by atoms with van der Waals surface area (Å²) in [6.45, 7) is 3.01. The Balaban J connectivity index is 2.22. The van der Waals surface area contributed by atoms with Crippen LogP contribution in [0.1, 0.15) is 19.4 Å². The number of benzene rings is 1. The van der Waals surface area contributed by atoms with Gasteiger partial charge in [-0.3, -0.25) is 9.59 Å². The van der Waals surface area contributed by atoms with Crippen molar-refractivity contribution in [1.29, 1.82) is 0 Å². The second-order valence-electron chi connectivity index (χ2n) is 6.00. The number of likely N-dealkylation sites (tertiary alicyclic amines) is 1. The molecule has 2 rings (SSSR count). The van der Waals surface area contributed by atoms with Gasteiger partial charge in [-0.2, -0.15) is 0 Å². The molecule has 1 aromatic carbocycles. The number of aliphatic hydroxyl groups excluding tert-OH is 1. The molecule has 1 aliphatic heterocycles. The Morgan fingerprint density at radius 2 is 1.92 bits per heavy atom. The highest BCUT2D eigenvalue weighted by atomic mass is 32.1. The predicted octanol–water partition coefficient (Wildman–Crippen LogP) is 1.34. The smallest absolute Gasteiger partial charge is 0.323 e. The normalized spacial score (nSPS) is 22.5. The van der Waals surface area contributed by atoms with Crippen LogP contribution in [-0.4, -0.2) is 57.7 Å². The molecule has 0 radical (unpaired) electrons. The molecule has 1 amide bonds. The Labute approximate surface area is 146 Å². The van der Waals surface area contributed by atoms with E-state index < -0.39 is 24.0 Å². The Bertz CT molecular complexity index is 643. The first kappa shape index (κ1) is 18.4. The molecule has 0 spiro atoms. The molecule has 4 atom stereocenters. The molecule has 1 aromatic rings. The zero-order valence-electron chi connectivity index (χ0n) is 13.8. The first-order valence-electron chi connectivity index (χ1n) is 7.66. The fourth-order valence-corrected chi connectivity index (χ4v) is 3.45. The van der Waals surface area contributed by atoms with Crippen molar-refractivity contribution in [2.75, 3.05) is 13.7 Å². The molecule has 0 bridgehead atoms. The number of ether oxygens (including phenoxy) is 1. The van der Waals surface area contributed by atoms with E-state index in [9.17, 15) is 14.7 Å². The maximum absolute atomic E-state index is 12.1. The first-order chi connectivity index (χ1) is 11.3. The summed E-state index contributed by atoms with van der Waals surface area (Å²) in [7, 11) is 1.58. The summed E-state index contributed by atoms with van der Waals surface area (Å²) in [5.41, 5.74) is 0.817. The number of hydrogen-bond donors (Lipinski definition) is 2. The van der Waals surface area contributed by atoms with E-state index in [1.807, 2.05) is 19.1 Å². The Morgan fingerprint density at radius 1 is 1.33 bits per heavy atom. The molecule has 0 saturated carbocycles. The van der Waals surface area contributed by atoms with Crippen molar-refractivity contribution in [3.8, 4) is 5.75 Å². The van der Waals surface area contributed by atoms with Crippen LogP contribution in [0, 0.1) is 11.8 Å². The zero-order chi connectivity index (χ0) is 18.0. The van der Waals surface area contributed by atoms with Gasteiger partial charge in [0.15, 0.2) is 0 Å². The number of methoxy groups -OCH3 is 1. The SMILES string of the molecule is COc1ccc(C(=S)[C@H](C)[C@@H]2[C@@H]([C@@H](C)O)C(=O)N2CC(=O)O)cc1. The number of amides is 1. The van der Waals surface area contributed by atoms with Crippen LogP contribution in [0.25, 0.3) is 0 Å². The van der Waals surface area contributed by atoms with Gasteiger partial charge in [-0.1, -0.05) is 31.3 Å². The van der Waals surface area contributed by atoms with Crippen LogP contribution < -0.4 is 4.74 Å². The third-order valence-corrected chi connectivity index (χ3v) is 5.03. The van der Waals surface area contributed by atoms with Gasteiger partial charge in [-0.05, 0) is 24.6 Å². The molecule has 0 aromatic heterocycles. The molecule has 7 heteroatoms. The third-order valence-electron chi connectivity index (χ3n) is 4.42. The largest absolute Gasteiger partial charge is 0.497 e. The van der Waals surface area contributed by atoms with Crippen molar-refractivity contribution < 1.29 is 24.5 Å². The standard InChI is InChI=1S/C17H21NO5S/c1-9(16(24)11-4-6-12(23-3)7-5-11)15-14(10(2)19)17(22)18(15)8-13(20)21/h4-7,9-10,14-15,19H,8H2,1-3H3,(H,20,21)/t9-,10-,14-,15-/m1/s1. The molecule has 1 fully saturated rings. The van der Waals surface area contributed by atoms with E-state index in [1.165, 1.54) is 11.8 Å². The minimum Gasteiger partial charge on any atom is -0.497 e. The maximum Gasteiger partial charge on any atom is 0.323 e. The number of carbonyl (C=O) groups excluding carboxylic acids is 1. The number of rotatable bonds is 7. The Morgan fingerprint density at radius 3 is 2.38 bits per heavy atom. The summed E-state index contributed by atoms with van der Waals surface area (Å²) in [6.07, 6.45) is -0.853.